The number of rotatable bonds is 2. The molecule has 0 atom stereocenters. The Labute approximate surface area is 117 Å². The van der Waals surface area contributed by atoms with Crippen molar-refractivity contribution in [3.63, 3.8) is 0 Å². The van der Waals surface area contributed by atoms with Gasteiger partial charge in [-0.25, -0.2) is 9.78 Å². The zero-order chi connectivity index (χ0) is 14.8. The number of amides is 1. The van der Waals surface area contributed by atoms with Gasteiger partial charge in [0.25, 0.3) is 0 Å². The van der Waals surface area contributed by atoms with Gasteiger partial charge in [0.15, 0.2) is 0 Å². The quantitative estimate of drug-likeness (QED) is 0.914. The van der Waals surface area contributed by atoms with E-state index in [2.05, 4.69) is 15.3 Å². The van der Waals surface area contributed by atoms with Crippen LogP contribution >= 0.6 is 0 Å². The summed E-state index contributed by atoms with van der Waals surface area (Å²) in [7, 11) is 1.88. The molecule has 0 aliphatic carbocycles. The van der Waals surface area contributed by atoms with Crippen molar-refractivity contribution >= 4 is 11.8 Å². The first kappa shape index (κ1) is 14.0. The van der Waals surface area contributed by atoms with Crippen LogP contribution < -0.4 is 5.32 Å². The van der Waals surface area contributed by atoms with E-state index in [1.807, 2.05) is 32.4 Å². The van der Waals surface area contributed by atoms with Crippen molar-refractivity contribution in [2.45, 2.75) is 26.4 Å². The Morgan fingerprint density at radius 2 is 2.05 bits per heavy atom. The minimum Gasteiger partial charge on any atom is -0.444 e. The van der Waals surface area contributed by atoms with E-state index >= 15 is 0 Å². The fraction of sp³-hybridized carbons (Fsp3) is 0.357. The van der Waals surface area contributed by atoms with E-state index in [4.69, 9.17) is 4.74 Å². The zero-order valence-electron chi connectivity index (χ0n) is 12.0. The standard InChI is InChI=1S/C14H18N4O2/c1-14(2,3)20-13(19)17-11-5-6-15-7-10(11)12-8-16-9-18(12)4/h5-9H,1-4H3,(H,15,17,19). The molecule has 1 N–H and O–H groups in total. The molecular weight excluding hydrogens is 256 g/mol. The summed E-state index contributed by atoms with van der Waals surface area (Å²) in [6.07, 6.45) is 6.22. The van der Waals surface area contributed by atoms with Crippen LogP contribution in [0.5, 0.6) is 0 Å². The van der Waals surface area contributed by atoms with Gasteiger partial charge < -0.3 is 9.30 Å². The van der Waals surface area contributed by atoms with Gasteiger partial charge in [-0.2, -0.15) is 0 Å². The molecule has 20 heavy (non-hydrogen) atoms. The molecule has 0 unspecified atom stereocenters. The lowest BCUT2D eigenvalue weighted by Gasteiger charge is -2.20. The zero-order valence-corrected chi connectivity index (χ0v) is 12.0. The number of nitrogens with one attached hydrogen (secondary N) is 1. The highest BCUT2D eigenvalue weighted by molar-refractivity contribution is 5.90. The van der Waals surface area contributed by atoms with Crippen LogP contribution in [0.25, 0.3) is 11.3 Å². The smallest absolute Gasteiger partial charge is 0.412 e. The van der Waals surface area contributed by atoms with Gasteiger partial charge in [-0.3, -0.25) is 10.3 Å². The van der Waals surface area contributed by atoms with Crippen LogP contribution in [0.3, 0.4) is 0 Å². The Morgan fingerprint density at radius 1 is 1.30 bits per heavy atom. The Hall–Kier alpha value is -2.37. The fourth-order valence-corrected chi connectivity index (χ4v) is 1.74. The molecule has 1 amide bonds. The van der Waals surface area contributed by atoms with E-state index in [0.29, 0.717) is 5.69 Å². The molecule has 0 radical (unpaired) electrons. The molecule has 2 aromatic heterocycles. The van der Waals surface area contributed by atoms with Crippen LogP contribution in [0.15, 0.2) is 31.0 Å². The second-order valence-electron chi connectivity index (χ2n) is 5.44. The topological polar surface area (TPSA) is 69.0 Å². The number of carbonyl (C=O) groups excluding carboxylic acids is 1. The molecule has 6 nitrogen and oxygen atoms in total. The van der Waals surface area contributed by atoms with Gasteiger partial charge in [-0.15, -0.1) is 0 Å². The normalized spacial score (nSPS) is 11.2. The van der Waals surface area contributed by atoms with Gasteiger partial charge in [0.1, 0.15) is 5.60 Å². The number of aromatic nitrogens is 3. The van der Waals surface area contributed by atoms with Crippen LogP contribution in [-0.2, 0) is 11.8 Å². The molecule has 0 aliphatic heterocycles. The lowest BCUT2D eigenvalue weighted by atomic mass is 10.2. The summed E-state index contributed by atoms with van der Waals surface area (Å²) in [5.74, 6) is 0. The highest BCUT2D eigenvalue weighted by atomic mass is 16.6. The molecule has 0 aromatic carbocycles. The Morgan fingerprint density at radius 3 is 2.65 bits per heavy atom. The number of hydrogen-bond acceptors (Lipinski definition) is 4. The molecule has 0 fully saturated rings. The Kier molecular flexibility index (Phi) is 3.74. The summed E-state index contributed by atoms with van der Waals surface area (Å²) in [6, 6.07) is 1.73. The largest absolute Gasteiger partial charge is 0.444 e. The fourth-order valence-electron chi connectivity index (χ4n) is 1.74. The second-order valence-corrected chi connectivity index (χ2v) is 5.44. The van der Waals surface area contributed by atoms with Crippen LogP contribution in [0.4, 0.5) is 10.5 Å². The number of nitrogens with zero attached hydrogens (tertiary/aromatic N) is 3. The molecule has 0 saturated heterocycles. The van der Waals surface area contributed by atoms with Crippen LogP contribution in [-0.4, -0.2) is 26.2 Å². The second kappa shape index (κ2) is 5.32. The third-order valence-corrected chi connectivity index (χ3v) is 2.55. The third kappa shape index (κ3) is 3.34. The van der Waals surface area contributed by atoms with Crippen molar-refractivity contribution in [1.82, 2.24) is 14.5 Å². The molecule has 106 valence electrons. The predicted molar refractivity (Wildman–Crippen MR) is 76.3 cm³/mol. The summed E-state index contributed by atoms with van der Waals surface area (Å²) in [5.41, 5.74) is 1.75. The van der Waals surface area contributed by atoms with E-state index in [1.165, 1.54) is 0 Å². The van der Waals surface area contributed by atoms with Crippen molar-refractivity contribution in [2.75, 3.05) is 5.32 Å². The lowest BCUT2D eigenvalue weighted by Crippen LogP contribution is -2.27. The van der Waals surface area contributed by atoms with Gasteiger partial charge in [-0.1, -0.05) is 0 Å². The number of ether oxygens (including phenoxy) is 1. The van der Waals surface area contributed by atoms with E-state index in [0.717, 1.165) is 11.3 Å². The number of pyridine rings is 1. The van der Waals surface area contributed by atoms with Gasteiger partial charge in [-0.05, 0) is 26.8 Å². The van der Waals surface area contributed by atoms with Crippen LogP contribution in [0.1, 0.15) is 20.8 Å². The molecule has 0 spiro atoms. The maximum Gasteiger partial charge on any atom is 0.412 e. The maximum atomic E-state index is 11.9. The van der Waals surface area contributed by atoms with Crippen molar-refractivity contribution in [3.8, 4) is 11.3 Å². The molecule has 0 saturated carbocycles. The number of imidazole rings is 1. The summed E-state index contributed by atoms with van der Waals surface area (Å²) in [6.45, 7) is 5.46. The molecule has 6 heteroatoms. The predicted octanol–water partition coefficient (Wildman–Crippen LogP) is 2.83. The molecule has 2 heterocycles. The number of hydrogen-bond donors (Lipinski definition) is 1. The summed E-state index contributed by atoms with van der Waals surface area (Å²) in [4.78, 5) is 20.0. The van der Waals surface area contributed by atoms with Crippen molar-refractivity contribution in [1.29, 1.82) is 0 Å². The Bertz CT molecular complexity index is 614. The molecule has 0 bridgehead atoms. The first-order valence-electron chi connectivity index (χ1n) is 6.27. The van der Waals surface area contributed by atoms with E-state index in [9.17, 15) is 4.79 Å². The molecular formula is C14H18N4O2. The van der Waals surface area contributed by atoms with Gasteiger partial charge >= 0.3 is 6.09 Å². The molecule has 2 rings (SSSR count). The first-order valence-corrected chi connectivity index (χ1v) is 6.27. The molecule has 2 aromatic rings. The average molecular weight is 274 g/mol. The van der Waals surface area contributed by atoms with E-state index in [1.54, 1.807) is 31.0 Å². The van der Waals surface area contributed by atoms with Crippen molar-refractivity contribution < 1.29 is 9.53 Å². The Balaban J connectivity index is 2.26. The minimum absolute atomic E-state index is 0.493. The van der Waals surface area contributed by atoms with Crippen LogP contribution in [0.2, 0.25) is 0 Å². The number of carbonyl (C=O) groups is 1. The monoisotopic (exact) mass is 274 g/mol. The number of aryl methyl sites for hydroxylation is 1. The number of anilines is 1. The third-order valence-electron chi connectivity index (χ3n) is 2.55. The summed E-state index contributed by atoms with van der Waals surface area (Å²) in [5, 5.41) is 2.74. The van der Waals surface area contributed by atoms with Crippen molar-refractivity contribution in [2.24, 2.45) is 7.05 Å². The lowest BCUT2D eigenvalue weighted by molar-refractivity contribution is 0.0636. The average Bonchev–Trinajstić information content (AvgIpc) is 2.73. The van der Waals surface area contributed by atoms with Gasteiger partial charge in [0, 0.05) is 25.0 Å². The van der Waals surface area contributed by atoms with Crippen molar-refractivity contribution in [3.05, 3.63) is 31.0 Å². The summed E-state index contributed by atoms with van der Waals surface area (Å²) < 4.78 is 7.11. The first-order chi connectivity index (χ1) is 9.37. The molecule has 0 aliphatic rings. The highest BCUT2D eigenvalue weighted by Gasteiger charge is 2.18. The highest BCUT2D eigenvalue weighted by Crippen LogP contribution is 2.26. The van der Waals surface area contributed by atoms with E-state index in [-0.39, 0.29) is 0 Å². The van der Waals surface area contributed by atoms with Gasteiger partial charge in [0.2, 0.25) is 0 Å². The SMILES string of the molecule is Cn1cncc1-c1cnccc1NC(=O)OC(C)(C)C. The van der Waals surface area contributed by atoms with E-state index < -0.39 is 11.7 Å². The summed E-state index contributed by atoms with van der Waals surface area (Å²) >= 11 is 0. The van der Waals surface area contributed by atoms with Crippen LogP contribution in [0, 0.1) is 0 Å². The maximum absolute atomic E-state index is 11.9. The minimum atomic E-state index is -0.538. The van der Waals surface area contributed by atoms with Gasteiger partial charge in [0.05, 0.1) is 23.9 Å².